The Hall–Kier alpha value is -2.13. The van der Waals surface area contributed by atoms with Gasteiger partial charge in [0.2, 0.25) is 10.0 Å². The van der Waals surface area contributed by atoms with Gasteiger partial charge < -0.3 is 0 Å². The predicted molar refractivity (Wildman–Crippen MR) is 109 cm³/mol. The van der Waals surface area contributed by atoms with Crippen LogP contribution in [0.1, 0.15) is 32.4 Å². The van der Waals surface area contributed by atoms with Crippen molar-refractivity contribution in [2.75, 3.05) is 0 Å². The second-order valence-corrected chi connectivity index (χ2v) is 9.63. The number of benzene rings is 1. The third-order valence-electron chi connectivity index (χ3n) is 3.95. The topological polar surface area (TPSA) is 89.0 Å². The van der Waals surface area contributed by atoms with Crippen molar-refractivity contribution in [3.05, 3.63) is 75.0 Å². The van der Waals surface area contributed by atoms with Crippen molar-refractivity contribution in [1.82, 2.24) is 14.7 Å². The average Bonchev–Trinajstić information content (AvgIpc) is 3.10. The van der Waals surface area contributed by atoms with Crippen LogP contribution < -0.4 is 4.72 Å². The highest BCUT2D eigenvalue weighted by atomic mass is 35.5. The molecule has 0 saturated carbocycles. The monoisotopic (exact) mass is 435 g/mol. The third kappa shape index (κ3) is 5.45. The molecule has 0 aliphatic heterocycles. The summed E-state index contributed by atoms with van der Waals surface area (Å²) in [5.41, 5.74) is 1.02. The van der Waals surface area contributed by atoms with Gasteiger partial charge in [0.25, 0.3) is 0 Å². The van der Waals surface area contributed by atoms with Crippen molar-refractivity contribution in [1.29, 1.82) is 0 Å². The number of pyridine rings is 1. The van der Waals surface area contributed by atoms with Crippen molar-refractivity contribution >= 4 is 38.7 Å². The molecule has 3 rings (SSSR count). The van der Waals surface area contributed by atoms with Gasteiger partial charge in [-0.3, -0.25) is 9.78 Å². The van der Waals surface area contributed by atoms with Crippen LogP contribution in [0.25, 0.3) is 0 Å². The number of carbonyl (C=O) groups excluding carboxylic acids is 1. The van der Waals surface area contributed by atoms with Gasteiger partial charge in [0.1, 0.15) is 5.69 Å². The number of aromatic nitrogens is 2. The molecule has 0 aliphatic carbocycles. The zero-order valence-electron chi connectivity index (χ0n) is 15.1. The number of rotatable bonds is 8. The summed E-state index contributed by atoms with van der Waals surface area (Å²) in [6, 6.07) is 9.34. The van der Waals surface area contributed by atoms with Crippen LogP contribution in [0.2, 0.25) is 5.02 Å². The Kier molecular flexibility index (Phi) is 6.56. The smallest absolute Gasteiger partial charge is 0.240 e. The van der Waals surface area contributed by atoms with Gasteiger partial charge in [-0.1, -0.05) is 23.7 Å². The van der Waals surface area contributed by atoms with Gasteiger partial charge in [-0.25, -0.2) is 18.1 Å². The number of hydrogen-bond acceptors (Lipinski definition) is 6. The molecule has 2 aromatic heterocycles. The summed E-state index contributed by atoms with van der Waals surface area (Å²) >= 11 is 7.42. The molecule has 3 aromatic rings. The van der Waals surface area contributed by atoms with Crippen LogP contribution in [0.4, 0.5) is 0 Å². The Morgan fingerprint density at radius 2 is 2.00 bits per heavy atom. The van der Waals surface area contributed by atoms with Gasteiger partial charge in [0.15, 0.2) is 5.78 Å². The summed E-state index contributed by atoms with van der Waals surface area (Å²) in [6.45, 7) is 1.99. The van der Waals surface area contributed by atoms with Crippen molar-refractivity contribution in [3.8, 4) is 0 Å². The molecule has 28 heavy (non-hydrogen) atoms. The minimum atomic E-state index is -3.68. The van der Waals surface area contributed by atoms with E-state index in [9.17, 15) is 13.2 Å². The summed E-state index contributed by atoms with van der Waals surface area (Å²) in [5, 5.41) is 1.33. The van der Waals surface area contributed by atoms with E-state index in [2.05, 4.69) is 14.7 Å². The quantitative estimate of drug-likeness (QED) is 0.543. The van der Waals surface area contributed by atoms with Crippen molar-refractivity contribution < 1.29 is 13.2 Å². The van der Waals surface area contributed by atoms with E-state index in [1.165, 1.54) is 18.3 Å². The van der Waals surface area contributed by atoms with Crippen LogP contribution in [0.15, 0.2) is 53.7 Å². The van der Waals surface area contributed by atoms with E-state index in [0.29, 0.717) is 29.1 Å². The fourth-order valence-electron chi connectivity index (χ4n) is 2.48. The number of halogens is 1. The van der Waals surface area contributed by atoms with Crippen molar-refractivity contribution in [3.63, 3.8) is 0 Å². The van der Waals surface area contributed by atoms with Gasteiger partial charge in [-0.2, -0.15) is 0 Å². The Morgan fingerprint density at radius 3 is 2.64 bits per heavy atom. The largest absolute Gasteiger partial charge is 0.292 e. The number of thiazole rings is 1. The van der Waals surface area contributed by atoms with E-state index in [4.69, 9.17) is 11.6 Å². The number of nitrogens with zero attached hydrogens (tertiary/aromatic N) is 2. The molecule has 0 spiro atoms. The van der Waals surface area contributed by atoms with E-state index in [-0.39, 0.29) is 17.2 Å². The average molecular weight is 436 g/mol. The van der Waals surface area contributed by atoms with Gasteiger partial charge in [-0.15, -0.1) is 11.3 Å². The van der Waals surface area contributed by atoms with E-state index in [0.717, 1.165) is 9.88 Å². The molecule has 0 aliphatic rings. The van der Waals surface area contributed by atoms with E-state index >= 15 is 0 Å². The molecule has 146 valence electrons. The lowest BCUT2D eigenvalue weighted by Gasteiger charge is -2.07. The van der Waals surface area contributed by atoms with Crippen molar-refractivity contribution in [2.45, 2.75) is 31.2 Å². The summed E-state index contributed by atoms with van der Waals surface area (Å²) in [4.78, 5) is 21.8. The minimum Gasteiger partial charge on any atom is -0.292 e. The van der Waals surface area contributed by atoms with E-state index in [1.807, 2.05) is 6.92 Å². The van der Waals surface area contributed by atoms with Gasteiger partial charge in [0.05, 0.1) is 9.90 Å². The fourth-order valence-corrected chi connectivity index (χ4v) is 4.59. The van der Waals surface area contributed by atoms with E-state index in [1.54, 1.807) is 41.8 Å². The number of nitrogens with one attached hydrogen (secondary N) is 1. The first-order valence-electron chi connectivity index (χ1n) is 8.48. The van der Waals surface area contributed by atoms with Crippen molar-refractivity contribution in [2.24, 2.45) is 0 Å². The Bertz CT molecular complexity index is 1080. The molecule has 0 amide bonds. The highest BCUT2D eigenvalue weighted by molar-refractivity contribution is 7.89. The maximum absolute atomic E-state index is 12.3. The Balaban J connectivity index is 1.57. The molecule has 6 nitrogen and oxygen atoms in total. The van der Waals surface area contributed by atoms with Crippen LogP contribution in [-0.4, -0.2) is 24.2 Å². The molecule has 0 fully saturated rings. The number of carbonyl (C=O) groups is 1. The molecule has 0 bridgehead atoms. The highest BCUT2D eigenvalue weighted by Crippen LogP contribution is 2.16. The van der Waals surface area contributed by atoms with Crippen LogP contribution in [0, 0.1) is 6.92 Å². The lowest BCUT2D eigenvalue weighted by molar-refractivity contribution is 0.0978. The molecule has 0 unspecified atom stereocenters. The first-order valence-corrected chi connectivity index (χ1v) is 11.2. The molecule has 0 saturated heterocycles. The SMILES string of the molecule is Cc1ncc(CCC(=O)c2ccc(CNS(=O)(=O)c3cccc(Cl)c3)cn2)s1. The van der Waals surface area contributed by atoms with Crippen LogP contribution in [0.5, 0.6) is 0 Å². The lowest BCUT2D eigenvalue weighted by Crippen LogP contribution is -2.23. The summed E-state index contributed by atoms with van der Waals surface area (Å²) in [6.07, 6.45) is 4.28. The third-order valence-corrected chi connectivity index (χ3v) is 6.56. The van der Waals surface area contributed by atoms with Crippen LogP contribution in [0.3, 0.4) is 0 Å². The summed E-state index contributed by atoms with van der Waals surface area (Å²) in [5.74, 6) is -0.0582. The minimum absolute atomic E-state index is 0.0582. The maximum atomic E-state index is 12.3. The molecule has 9 heteroatoms. The van der Waals surface area contributed by atoms with E-state index < -0.39 is 10.0 Å². The van der Waals surface area contributed by atoms with Gasteiger partial charge in [0, 0.05) is 35.3 Å². The highest BCUT2D eigenvalue weighted by Gasteiger charge is 2.14. The first-order chi connectivity index (χ1) is 13.3. The van der Waals surface area contributed by atoms with Crippen LogP contribution >= 0.6 is 22.9 Å². The number of hydrogen-bond donors (Lipinski definition) is 1. The summed E-state index contributed by atoms with van der Waals surface area (Å²) in [7, 11) is -3.68. The second kappa shape index (κ2) is 8.91. The molecule has 2 heterocycles. The molecule has 1 N–H and O–H groups in total. The fraction of sp³-hybridized carbons (Fsp3) is 0.211. The maximum Gasteiger partial charge on any atom is 0.240 e. The van der Waals surface area contributed by atoms with Gasteiger partial charge >= 0.3 is 0 Å². The normalized spacial score (nSPS) is 11.5. The number of sulfonamides is 1. The Labute approximate surface area is 172 Å². The lowest BCUT2D eigenvalue weighted by atomic mass is 10.1. The number of Topliss-reactive ketones (excluding diaryl/α,β-unsaturated/α-hetero) is 1. The second-order valence-electron chi connectivity index (χ2n) is 6.10. The molecular weight excluding hydrogens is 418 g/mol. The molecule has 0 radical (unpaired) electrons. The Morgan fingerprint density at radius 1 is 1.18 bits per heavy atom. The number of ketones is 1. The molecule has 1 aromatic carbocycles. The first kappa shape index (κ1) is 20.6. The molecular formula is C19H18ClN3O3S2. The standard InChI is InChI=1S/C19H18ClN3O3S2/c1-13-21-12-16(27-13)6-8-19(24)18-7-5-14(10-22-18)11-23-28(25,26)17-4-2-3-15(20)9-17/h2-5,7,9-10,12,23H,6,8,11H2,1H3. The molecule has 0 atom stereocenters. The van der Waals surface area contributed by atoms with Crippen LogP contribution in [-0.2, 0) is 23.0 Å². The zero-order chi connectivity index (χ0) is 20.1. The number of aryl methyl sites for hydroxylation is 2. The predicted octanol–water partition coefficient (Wildman–Crippen LogP) is 3.79. The van der Waals surface area contributed by atoms with Gasteiger partial charge in [-0.05, 0) is 43.2 Å². The summed E-state index contributed by atoms with van der Waals surface area (Å²) < 4.78 is 27.1. The zero-order valence-corrected chi connectivity index (χ0v) is 17.4.